The number of nitrogen functional groups attached to an aromatic ring is 1. The van der Waals surface area contributed by atoms with Crippen molar-refractivity contribution in [3.05, 3.63) is 11.8 Å². The predicted octanol–water partition coefficient (Wildman–Crippen LogP) is 1.51. The maximum absolute atomic E-state index is 5.72. The van der Waals surface area contributed by atoms with Crippen LogP contribution in [0.1, 0.15) is 30.9 Å². The molecule has 1 heterocycles. The molecule has 0 aliphatic heterocycles. The Kier molecular flexibility index (Phi) is 2.46. The van der Waals surface area contributed by atoms with Crippen molar-refractivity contribution in [3.63, 3.8) is 0 Å². The first-order valence-electron chi connectivity index (χ1n) is 5.06. The number of methoxy groups -OCH3 is 1. The van der Waals surface area contributed by atoms with Crippen molar-refractivity contribution >= 4 is 5.82 Å². The topological polar surface area (TPSA) is 53.1 Å². The van der Waals surface area contributed by atoms with Gasteiger partial charge in [-0.3, -0.25) is 4.68 Å². The van der Waals surface area contributed by atoms with E-state index in [1.54, 1.807) is 7.11 Å². The van der Waals surface area contributed by atoms with E-state index >= 15 is 0 Å². The Morgan fingerprint density at radius 2 is 2.36 bits per heavy atom. The fourth-order valence-corrected chi connectivity index (χ4v) is 2.15. The molecule has 0 bridgehead atoms. The highest BCUT2D eigenvalue weighted by Crippen LogP contribution is 2.32. The van der Waals surface area contributed by atoms with Crippen molar-refractivity contribution in [1.82, 2.24) is 9.78 Å². The molecule has 14 heavy (non-hydrogen) atoms. The Morgan fingerprint density at radius 1 is 1.57 bits per heavy atom. The van der Waals surface area contributed by atoms with Crippen molar-refractivity contribution in [2.45, 2.75) is 38.3 Å². The molecule has 1 aliphatic rings. The molecule has 4 nitrogen and oxygen atoms in total. The highest BCUT2D eigenvalue weighted by Gasteiger charge is 2.29. The maximum Gasteiger partial charge on any atom is 0.148 e. The number of anilines is 1. The monoisotopic (exact) mass is 195 g/mol. The van der Waals surface area contributed by atoms with Gasteiger partial charge < -0.3 is 10.5 Å². The zero-order valence-electron chi connectivity index (χ0n) is 8.73. The Hall–Kier alpha value is -1.03. The number of nitrogens with two attached hydrogens (primary N) is 1. The molecule has 0 spiro atoms. The van der Waals surface area contributed by atoms with Gasteiger partial charge in [0.25, 0.3) is 0 Å². The maximum atomic E-state index is 5.72. The molecule has 0 amide bonds. The van der Waals surface area contributed by atoms with Crippen LogP contribution in [0.3, 0.4) is 0 Å². The smallest absolute Gasteiger partial charge is 0.148 e. The molecule has 4 heteroatoms. The molecule has 0 saturated heterocycles. The first-order chi connectivity index (χ1) is 6.72. The fourth-order valence-electron chi connectivity index (χ4n) is 2.15. The summed E-state index contributed by atoms with van der Waals surface area (Å²) in [4.78, 5) is 0. The Morgan fingerprint density at radius 3 is 2.93 bits per heavy atom. The van der Waals surface area contributed by atoms with Gasteiger partial charge in [-0.15, -0.1) is 0 Å². The van der Waals surface area contributed by atoms with Gasteiger partial charge in [0, 0.05) is 18.9 Å². The van der Waals surface area contributed by atoms with E-state index in [0.717, 1.165) is 18.4 Å². The molecular formula is C10H17N3O. The average molecular weight is 195 g/mol. The second-order valence-corrected chi connectivity index (χ2v) is 3.95. The predicted molar refractivity (Wildman–Crippen MR) is 55.1 cm³/mol. The zero-order valence-corrected chi connectivity index (χ0v) is 8.73. The molecular weight excluding hydrogens is 178 g/mol. The lowest BCUT2D eigenvalue weighted by Gasteiger charge is -2.18. The van der Waals surface area contributed by atoms with Crippen molar-refractivity contribution in [2.75, 3.05) is 12.8 Å². The van der Waals surface area contributed by atoms with Crippen LogP contribution in [0.25, 0.3) is 0 Å². The van der Waals surface area contributed by atoms with Crippen LogP contribution >= 0.6 is 0 Å². The number of hydrogen-bond acceptors (Lipinski definition) is 3. The normalized spacial score (nSPS) is 27.0. The summed E-state index contributed by atoms with van der Waals surface area (Å²) in [5.74, 6) is 0.631. The van der Waals surface area contributed by atoms with Gasteiger partial charge in [0.2, 0.25) is 0 Å². The van der Waals surface area contributed by atoms with E-state index in [-0.39, 0.29) is 0 Å². The Labute approximate surface area is 84.0 Å². The SMILES string of the molecule is COC1CCCC1n1cc(C)c(N)n1. The third-order valence-corrected chi connectivity index (χ3v) is 3.01. The second-order valence-electron chi connectivity index (χ2n) is 3.95. The van der Waals surface area contributed by atoms with E-state index in [1.165, 1.54) is 6.42 Å². The standard InChI is InChI=1S/C10H17N3O/c1-7-6-13(12-10(7)11)8-4-3-5-9(8)14-2/h6,8-9H,3-5H2,1-2H3,(H2,11,12). The number of hydrogen-bond donors (Lipinski definition) is 1. The number of nitrogens with zero attached hydrogens (tertiary/aromatic N) is 2. The largest absolute Gasteiger partial charge is 0.382 e. The molecule has 2 rings (SSSR count). The number of aryl methyl sites for hydroxylation is 1. The van der Waals surface area contributed by atoms with Gasteiger partial charge >= 0.3 is 0 Å². The highest BCUT2D eigenvalue weighted by molar-refractivity contribution is 5.35. The summed E-state index contributed by atoms with van der Waals surface area (Å²) in [6, 6.07) is 0.371. The van der Waals surface area contributed by atoms with Gasteiger partial charge in [0.1, 0.15) is 5.82 Å². The van der Waals surface area contributed by atoms with Gasteiger partial charge in [-0.1, -0.05) is 0 Å². The molecule has 1 aromatic rings. The van der Waals surface area contributed by atoms with Crippen LogP contribution in [0.15, 0.2) is 6.20 Å². The van der Waals surface area contributed by atoms with Crippen LogP contribution in [-0.2, 0) is 4.74 Å². The van der Waals surface area contributed by atoms with Crippen molar-refractivity contribution in [1.29, 1.82) is 0 Å². The lowest BCUT2D eigenvalue weighted by molar-refractivity contribution is 0.0709. The molecule has 0 aromatic carbocycles. The molecule has 1 saturated carbocycles. The van der Waals surface area contributed by atoms with Gasteiger partial charge in [-0.2, -0.15) is 5.10 Å². The summed E-state index contributed by atoms with van der Waals surface area (Å²) in [5, 5.41) is 4.30. The minimum absolute atomic E-state index is 0.300. The summed E-state index contributed by atoms with van der Waals surface area (Å²) in [6.07, 6.45) is 5.78. The van der Waals surface area contributed by atoms with E-state index < -0.39 is 0 Å². The molecule has 2 N–H and O–H groups in total. The summed E-state index contributed by atoms with van der Waals surface area (Å²) in [6.45, 7) is 1.98. The molecule has 1 aliphatic carbocycles. The van der Waals surface area contributed by atoms with Crippen LogP contribution in [0.2, 0.25) is 0 Å². The first kappa shape index (κ1) is 9.52. The summed E-state index contributed by atoms with van der Waals surface area (Å²) >= 11 is 0. The Balaban J connectivity index is 2.21. The van der Waals surface area contributed by atoms with Gasteiger partial charge in [0.05, 0.1) is 12.1 Å². The molecule has 0 radical (unpaired) electrons. The van der Waals surface area contributed by atoms with Crippen molar-refractivity contribution in [3.8, 4) is 0 Å². The molecule has 2 atom stereocenters. The molecule has 1 fully saturated rings. The van der Waals surface area contributed by atoms with Crippen molar-refractivity contribution in [2.24, 2.45) is 0 Å². The average Bonchev–Trinajstić information content (AvgIpc) is 2.73. The molecule has 2 unspecified atom stereocenters. The van der Waals surface area contributed by atoms with E-state index in [9.17, 15) is 0 Å². The third-order valence-electron chi connectivity index (χ3n) is 3.01. The number of rotatable bonds is 2. The van der Waals surface area contributed by atoms with Crippen molar-refractivity contribution < 1.29 is 4.74 Å². The minimum atomic E-state index is 0.300. The summed E-state index contributed by atoms with van der Waals surface area (Å²) in [5.41, 5.74) is 6.77. The lowest BCUT2D eigenvalue weighted by atomic mass is 10.2. The van der Waals surface area contributed by atoms with Crippen LogP contribution in [0.4, 0.5) is 5.82 Å². The third kappa shape index (κ3) is 1.50. The van der Waals surface area contributed by atoms with Crippen LogP contribution < -0.4 is 5.73 Å². The minimum Gasteiger partial charge on any atom is -0.382 e. The number of ether oxygens (including phenoxy) is 1. The second kappa shape index (κ2) is 3.61. The van der Waals surface area contributed by atoms with Gasteiger partial charge in [0.15, 0.2) is 0 Å². The summed E-state index contributed by atoms with van der Waals surface area (Å²) in [7, 11) is 1.77. The van der Waals surface area contributed by atoms with Gasteiger partial charge in [-0.25, -0.2) is 0 Å². The van der Waals surface area contributed by atoms with E-state index in [4.69, 9.17) is 10.5 Å². The van der Waals surface area contributed by atoms with Gasteiger partial charge in [-0.05, 0) is 26.2 Å². The first-order valence-corrected chi connectivity index (χ1v) is 5.06. The van der Waals surface area contributed by atoms with Crippen LogP contribution in [0.5, 0.6) is 0 Å². The quantitative estimate of drug-likeness (QED) is 0.778. The van der Waals surface area contributed by atoms with Crippen LogP contribution in [0, 0.1) is 6.92 Å². The zero-order chi connectivity index (χ0) is 10.1. The molecule has 78 valence electrons. The molecule has 1 aromatic heterocycles. The lowest BCUT2D eigenvalue weighted by Crippen LogP contribution is -2.21. The summed E-state index contributed by atoms with van der Waals surface area (Å²) < 4.78 is 7.39. The highest BCUT2D eigenvalue weighted by atomic mass is 16.5. The number of aromatic nitrogens is 2. The van der Waals surface area contributed by atoms with Crippen LogP contribution in [-0.4, -0.2) is 23.0 Å². The van der Waals surface area contributed by atoms with E-state index in [0.29, 0.717) is 18.0 Å². The van der Waals surface area contributed by atoms with E-state index in [2.05, 4.69) is 5.10 Å². The fraction of sp³-hybridized carbons (Fsp3) is 0.700. The Bertz CT molecular complexity index is 302. The van der Waals surface area contributed by atoms with E-state index in [1.807, 2.05) is 17.8 Å².